The zero-order valence-corrected chi connectivity index (χ0v) is 10.2. The van der Waals surface area contributed by atoms with Crippen LogP contribution in [0.2, 0.25) is 0 Å². The van der Waals surface area contributed by atoms with Gasteiger partial charge in [0.1, 0.15) is 0 Å². The molecular formula is C10H8BrF3O3. The third-order valence-corrected chi connectivity index (χ3v) is 2.59. The van der Waals surface area contributed by atoms with Crippen molar-refractivity contribution in [3.63, 3.8) is 0 Å². The van der Waals surface area contributed by atoms with Crippen LogP contribution in [0.4, 0.5) is 13.2 Å². The molecule has 0 bridgehead atoms. The number of aliphatic hydroxyl groups is 1. The van der Waals surface area contributed by atoms with Gasteiger partial charge in [0.15, 0.2) is 23.6 Å². The van der Waals surface area contributed by atoms with Crippen LogP contribution in [0, 0.1) is 17.5 Å². The Morgan fingerprint density at radius 3 is 2.59 bits per heavy atom. The maximum atomic E-state index is 13.4. The molecule has 1 N–H and O–H groups in total. The number of halogens is 4. The van der Waals surface area contributed by atoms with Gasteiger partial charge < -0.3 is 9.84 Å². The van der Waals surface area contributed by atoms with E-state index in [1.165, 1.54) is 6.92 Å². The van der Waals surface area contributed by atoms with Crippen LogP contribution in [0.25, 0.3) is 0 Å². The largest absolute Gasteiger partial charge is 0.464 e. The van der Waals surface area contributed by atoms with Crippen molar-refractivity contribution in [1.29, 1.82) is 0 Å². The van der Waals surface area contributed by atoms with Crippen molar-refractivity contribution in [1.82, 2.24) is 0 Å². The molecule has 0 saturated carbocycles. The van der Waals surface area contributed by atoms with Crippen molar-refractivity contribution in [3.8, 4) is 0 Å². The Morgan fingerprint density at radius 2 is 2.06 bits per heavy atom. The Kier molecular flexibility index (Phi) is 4.53. The zero-order chi connectivity index (χ0) is 13.2. The SMILES string of the molecule is CCOC(=O)C(O)c1c(Br)cc(F)c(F)c1F. The van der Waals surface area contributed by atoms with Crippen molar-refractivity contribution < 1.29 is 27.8 Å². The highest BCUT2D eigenvalue weighted by Crippen LogP contribution is 2.30. The third-order valence-electron chi connectivity index (χ3n) is 1.93. The highest BCUT2D eigenvalue weighted by atomic mass is 79.9. The molecule has 0 spiro atoms. The van der Waals surface area contributed by atoms with Crippen LogP contribution in [0.15, 0.2) is 10.5 Å². The number of esters is 1. The number of hydrogen-bond acceptors (Lipinski definition) is 3. The first-order valence-electron chi connectivity index (χ1n) is 4.57. The van der Waals surface area contributed by atoms with Crippen LogP contribution in [0.5, 0.6) is 0 Å². The lowest BCUT2D eigenvalue weighted by atomic mass is 10.1. The maximum Gasteiger partial charge on any atom is 0.339 e. The Morgan fingerprint density at radius 1 is 1.47 bits per heavy atom. The van der Waals surface area contributed by atoms with Crippen molar-refractivity contribution in [3.05, 3.63) is 33.6 Å². The second kappa shape index (κ2) is 5.50. The smallest absolute Gasteiger partial charge is 0.339 e. The van der Waals surface area contributed by atoms with Crippen LogP contribution >= 0.6 is 15.9 Å². The highest BCUT2D eigenvalue weighted by molar-refractivity contribution is 9.10. The fourth-order valence-electron chi connectivity index (χ4n) is 1.17. The standard InChI is InChI=1S/C10H8BrF3O3/c1-2-17-10(16)9(15)6-4(11)3-5(12)7(13)8(6)14/h3,9,15H,2H2,1H3. The summed E-state index contributed by atoms with van der Waals surface area (Å²) in [5, 5.41) is 9.46. The summed E-state index contributed by atoms with van der Waals surface area (Å²) in [6.07, 6.45) is -2.01. The maximum absolute atomic E-state index is 13.4. The molecule has 17 heavy (non-hydrogen) atoms. The summed E-state index contributed by atoms with van der Waals surface area (Å²) in [6, 6.07) is 0.621. The summed E-state index contributed by atoms with van der Waals surface area (Å²) in [5.74, 6) is -5.95. The summed E-state index contributed by atoms with van der Waals surface area (Å²) in [7, 11) is 0. The first-order valence-corrected chi connectivity index (χ1v) is 5.37. The van der Waals surface area contributed by atoms with E-state index in [0.717, 1.165) is 0 Å². The molecule has 94 valence electrons. The average molecular weight is 313 g/mol. The fraction of sp³-hybridized carbons (Fsp3) is 0.300. The Bertz CT molecular complexity index is 451. The first kappa shape index (κ1) is 14.0. The summed E-state index contributed by atoms with van der Waals surface area (Å²) in [6.45, 7) is 1.46. The number of hydrogen-bond donors (Lipinski definition) is 1. The van der Waals surface area contributed by atoms with Gasteiger partial charge in [0.05, 0.1) is 6.61 Å². The normalized spacial score (nSPS) is 12.4. The van der Waals surface area contributed by atoms with Crippen LogP contribution in [-0.4, -0.2) is 17.7 Å². The van der Waals surface area contributed by atoms with Gasteiger partial charge >= 0.3 is 5.97 Å². The van der Waals surface area contributed by atoms with Crippen LogP contribution < -0.4 is 0 Å². The molecule has 1 aromatic rings. The van der Waals surface area contributed by atoms with Crippen LogP contribution in [0.3, 0.4) is 0 Å². The second-order valence-electron chi connectivity index (χ2n) is 3.04. The lowest BCUT2D eigenvalue weighted by Crippen LogP contribution is -2.18. The fourth-order valence-corrected chi connectivity index (χ4v) is 1.76. The van der Waals surface area contributed by atoms with Crippen molar-refractivity contribution in [2.75, 3.05) is 6.61 Å². The van der Waals surface area contributed by atoms with E-state index in [4.69, 9.17) is 0 Å². The molecule has 1 atom stereocenters. The quantitative estimate of drug-likeness (QED) is 0.530. The average Bonchev–Trinajstić information content (AvgIpc) is 2.26. The molecule has 3 nitrogen and oxygen atoms in total. The lowest BCUT2D eigenvalue weighted by molar-refractivity contribution is -0.153. The monoisotopic (exact) mass is 312 g/mol. The highest BCUT2D eigenvalue weighted by Gasteiger charge is 2.28. The van der Waals surface area contributed by atoms with Gasteiger partial charge in [-0.15, -0.1) is 0 Å². The number of rotatable bonds is 3. The number of carbonyl (C=O) groups is 1. The van der Waals surface area contributed by atoms with E-state index >= 15 is 0 Å². The minimum Gasteiger partial charge on any atom is -0.464 e. The Labute approximate surface area is 103 Å². The molecule has 0 fully saturated rings. The van der Waals surface area contributed by atoms with Gasteiger partial charge in [0.2, 0.25) is 0 Å². The van der Waals surface area contributed by atoms with Gasteiger partial charge in [-0.2, -0.15) is 0 Å². The molecule has 1 aromatic carbocycles. The van der Waals surface area contributed by atoms with Crippen molar-refractivity contribution in [2.45, 2.75) is 13.0 Å². The predicted octanol–water partition coefficient (Wildman–Crippen LogP) is 2.46. The van der Waals surface area contributed by atoms with E-state index in [2.05, 4.69) is 20.7 Å². The summed E-state index contributed by atoms with van der Waals surface area (Å²) >= 11 is 2.74. The predicted molar refractivity (Wildman–Crippen MR) is 55.6 cm³/mol. The number of benzene rings is 1. The molecular weight excluding hydrogens is 305 g/mol. The van der Waals surface area contributed by atoms with Gasteiger partial charge in [-0.25, -0.2) is 18.0 Å². The van der Waals surface area contributed by atoms with E-state index in [-0.39, 0.29) is 11.1 Å². The van der Waals surface area contributed by atoms with Crippen LogP contribution in [0.1, 0.15) is 18.6 Å². The number of ether oxygens (including phenoxy) is 1. The van der Waals surface area contributed by atoms with Gasteiger partial charge in [-0.05, 0) is 13.0 Å². The third kappa shape index (κ3) is 2.78. The van der Waals surface area contributed by atoms with Crippen molar-refractivity contribution >= 4 is 21.9 Å². The van der Waals surface area contributed by atoms with Gasteiger partial charge in [-0.3, -0.25) is 0 Å². The molecule has 1 rings (SSSR count). The van der Waals surface area contributed by atoms with E-state index in [9.17, 15) is 23.1 Å². The molecule has 0 aliphatic heterocycles. The van der Waals surface area contributed by atoms with Gasteiger partial charge in [0.25, 0.3) is 0 Å². The molecule has 7 heteroatoms. The minimum atomic E-state index is -2.01. The number of carbonyl (C=O) groups excluding carboxylic acids is 1. The summed E-state index contributed by atoms with van der Waals surface area (Å²) in [5.41, 5.74) is -0.692. The zero-order valence-electron chi connectivity index (χ0n) is 8.64. The molecule has 0 aliphatic carbocycles. The molecule has 0 saturated heterocycles. The summed E-state index contributed by atoms with van der Waals surface area (Å²) in [4.78, 5) is 11.2. The topological polar surface area (TPSA) is 46.5 Å². The molecule has 1 unspecified atom stereocenters. The summed E-state index contributed by atoms with van der Waals surface area (Å²) < 4.78 is 43.3. The van der Waals surface area contributed by atoms with Crippen LogP contribution in [-0.2, 0) is 9.53 Å². The number of aliphatic hydroxyl groups excluding tert-OH is 1. The lowest BCUT2D eigenvalue weighted by Gasteiger charge is -2.13. The van der Waals surface area contributed by atoms with E-state index in [0.29, 0.717) is 6.07 Å². The van der Waals surface area contributed by atoms with E-state index in [1.54, 1.807) is 0 Å². The van der Waals surface area contributed by atoms with E-state index in [1.807, 2.05) is 0 Å². The molecule has 0 heterocycles. The van der Waals surface area contributed by atoms with Crippen molar-refractivity contribution in [2.24, 2.45) is 0 Å². The molecule has 0 aromatic heterocycles. The Hall–Kier alpha value is -1.08. The van der Waals surface area contributed by atoms with Gasteiger partial charge in [-0.1, -0.05) is 15.9 Å². The minimum absolute atomic E-state index is 0.0290. The molecule has 0 radical (unpaired) electrons. The van der Waals surface area contributed by atoms with Gasteiger partial charge in [0, 0.05) is 10.0 Å². The second-order valence-corrected chi connectivity index (χ2v) is 3.89. The molecule has 0 aliphatic rings. The molecule has 0 amide bonds. The van der Waals surface area contributed by atoms with E-state index < -0.39 is 35.1 Å². The Balaban J connectivity index is 3.22. The first-order chi connectivity index (χ1) is 7.90.